The number of fused-ring (bicyclic) bond motifs is 1. The lowest BCUT2D eigenvalue weighted by molar-refractivity contribution is -0.383. The van der Waals surface area contributed by atoms with Crippen LogP contribution in [0.3, 0.4) is 0 Å². The van der Waals surface area contributed by atoms with Crippen molar-refractivity contribution in [3.8, 4) is 0 Å². The van der Waals surface area contributed by atoms with Crippen LogP contribution in [-0.4, -0.2) is 9.91 Å². The van der Waals surface area contributed by atoms with Gasteiger partial charge in [0.1, 0.15) is 0 Å². The fourth-order valence-electron chi connectivity index (χ4n) is 1.46. The molecule has 2 aromatic rings. The summed E-state index contributed by atoms with van der Waals surface area (Å²) < 4.78 is 0. The molecule has 0 N–H and O–H groups in total. The highest BCUT2D eigenvalue weighted by Gasteiger charge is 2.12. The first kappa shape index (κ1) is 12.1. The lowest BCUT2D eigenvalue weighted by Crippen LogP contribution is -1.91. The topological polar surface area (TPSA) is 56.0 Å². The Labute approximate surface area is 94.1 Å². The summed E-state index contributed by atoms with van der Waals surface area (Å²) in [5.41, 5.74) is 1.76. The van der Waals surface area contributed by atoms with Gasteiger partial charge in [0.05, 0.1) is 15.8 Å². The summed E-state index contributed by atoms with van der Waals surface area (Å²) in [6.45, 7) is 5.89. The first-order valence-electron chi connectivity index (χ1n) is 5.19. The molecule has 2 rings (SSSR count). The van der Waals surface area contributed by atoms with Gasteiger partial charge in [-0.15, -0.1) is 0 Å². The molecular formula is C12H14N2O2. The van der Waals surface area contributed by atoms with E-state index in [1.165, 1.54) is 6.07 Å². The maximum Gasteiger partial charge on any atom is 0.278 e. The van der Waals surface area contributed by atoms with E-state index in [9.17, 15) is 10.1 Å². The van der Waals surface area contributed by atoms with E-state index in [2.05, 4.69) is 4.98 Å². The first-order chi connectivity index (χ1) is 7.70. The Balaban J connectivity index is 0.000000606. The average Bonchev–Trinajstić information content (AvgIpc) is 2.32. The van der Waals surface area contributed by atoms with Crippen molar-refractivity contribution in [2.75, 3.05) is 0 Å². The molecule has 0 fully saturated rings. The molecule has 0 bridgehead atoms. The van der Waals surface area contributed by atoms with Gasteiger partial charge in [-0.3, -0.25) is 15.1 Å². The third-order valence-corrected chi connectivity index (χ3v) is 2.15. The summed E-state index contributed by atoms with van der Waals surface area (Å²) in [7, 11) is 0. The predicted molar refractivity (Wildman–Crippen MR) is 64.5 cm³/mol. The fourth-order valence-corrected chi connectivity index (χ4v) is 1.46. The third kappa shape index (κ3) is 2.16. The van der Waals surface area contributed by atoms with Gasteiger partial charge in [-0.05, 0) is 24.6 Å². The number of non-ortho nitro benzene ring substituents is 1. The van der Waals surface area contributed by atoms with Gasteiger partial charge >= 0.3 is 0 Å². The second kappa shape index (κ2) is 5.21. The molecule has 0 amide bonds. The van der Waals surface area contributed by atoms with Crippen molar-refractivity contribution in [1.82, 2.24) is 4.98 Å². The molecule has 0 aliphatic carbocycles. The summed E-state index contributed by atoms with van der Waals surface area (Å²) in [6.07, 6.45) is 1.64. The molecule has 0 spiro atoms. The SMILES string of the molecule is CC.Cc1ccc([N+](=O)[O-])c2cccnc12. The fraction of sp³-hybridized carbons (Fsp3) is 0.250. The number of nitro benzene ring substituents is 1. The van der Waals surface area contributed by atoms with E-state index in [4.69, 9.17) is 0 Å². The van der Waals surface area contributed by atoms with Gasteiger partial charge < -0.3 is 0 Å². The minimum Gasteiger partial charge on any atom is -0.258 e. The number of aryl methyl sites for hydroxylation is 1. The van der Waals surface area contributed by atoms with Crippen LogP contribution in [0, 0.1) is 17.0 Å². The lowest BCUT2D eigenvalue weighted by atomic mass is 10.1. The van der Waals surface area contributed by atoms with Gasteiger partial charge in [-0.2, -0.15) is 0 Å². The van der Waals surface area contributed by atoms with E-state index in [0.717, 1.165) is 5.56 Å². The smallest absolute Gasteiger partial charge is 0.258 e. The van der Waals surface area contributed by atoms with Crippen LogP contribution in [0.5, 0.6) is 0 Å². The molecular weight excluding hydrogens is 204 g/mol. The van der Waals surface area contributed by atoms with Gasteiger partial charge in [-0.1, -0.05) is 19.9 Å². The largest absolute Gasteiger partial charge is 0.278 e. The molecule has 4 nitrogen and oxygen atoms in total. The lowest BCUT2D eigenvalue weighted by Gasteiger charge is -2.00. The monoisotopic (exact) mass is 218 g/mol. The van der Waals surface area contributed by atoms with Gasteiger partial charge in [0.2, 0.25) is 0 Å². The number of hydrogen-bond acceptors (Lipinski definition) is 3. The summed E-state index contributed by atoms with van der Waals surface area (Å²) in [6, 6.07) is 6.65. The number of aromatic nitrogens is 1. The molecule has 0 atom stereocenters. The number of nitro groups is 1. The Morgan fingerprint density at radius 1 is 1.25 bits per heavy atom. The van der Waals surface area contributed by atoms with Gasteiger partial charge in [0.25, 0.3) is 5.69 Å². The Bertz CT molecular complexity index is 509. The minimum atomic E-state index is -0.385. The van der Waals surface area contributed by atoms with Crippen molar-refractivity contribution in [3.63, 3.8) is 0 Å². The molecule has 0 saturated carbocycles. The van der Waals surface area contributed by atoms with Crippen LogP contribution >= 0.6 is 0 Å². The van der Waals surface area contributed by atoms with Crippen LogP contribution in [0.15, 0.2) is 30.5 Å². The summed E-state index contributed by atoms with van der Waals surface area (Å²) >= 11 is 0. The maximum atomic E-state index is 10.7. The quantitative estimate of drug-likeness (QED) is 0.544. The second-order valence-corrected chi connectivity index (χ2v) is 3.06. The van der Waals surface area contributed by atoms with E-state index in [1.807, 2.05) is 20.8 Å². The molecule has 0 radical (unpaired) electrons. The Morgan fingerprint density at radius 2 is 1.94 bits per heavy atom. The number of pyridine rings is 1. The van der Waals surface area contributed by atoms with Crippen LogP contribution in [0.2, 0.25) is 0 Å². The zero-order chi connectivity index (χ0) is 12.1. The molecule has 0 unspecified atom stereocenters. The van der Waals surface area contributed by atoms with Crippen LogP contribution in [-0.2, 0) is 0 Å². The Hall–Kier alpha value is -1.97. The van der Waals surface area contributed by atoms with Crippen molar-refractivity contribution in [2.45, 2.75) is 20.8 Å². The highest BCUT2D eigenvalue weighted by Crippen LogP contribution is 2.25. The van der Waals surface area contributed by atoms with Crippen molar-refractivity contribution < 1.29 is 4.92 Å². The molecule has 0 aliphatic rings. The van der Waals surface area contributed by atoms with Crippen molar-refractivity contribution >= 4 is 16.6 Å². The van der Waals surface area contributed by atoms with Gasteiger partial charge in [0.15, 0.2) is 0 Å². The Morgan fingerprint density at radius 3 is 2.56 bits per heavy atom. The van der Waals surface area contributed by atoms with E-state index in [-0.39, 0.29) is 10.6 Å². The molecule has 0 aliphatic heterocycles. The molecule has 1 aromatic carbocycles. The predicted octanol–water partition coefficient (Wildman–Crippen LogP) is 3.48. The van der Waals surface area contributed by atoms with Crippen molar-refractivity contribution in [1.29, 1.82) is 0 Å². The maximum absolute atomic E-state index is 10.7. The van der Waals surface area contributed by atoms with Crippen LogP contribution in [0.4, 0.5) is 5.69 Å². The van der Waals surface area contributed by atoms with Crippen LogP contribution in [0.25, 0.3) is 10.9 Å². The van der Waals surface area contributed by atoms with E-state index >= 15 is 0 Å². The summed E-state index contributed by atoms with van der Waals surface area (Å²) in [5, 5.41) is 11.3. The van der Waals surface area contributed by atoms with Crippen molar-refractivity contribution in [3.05, 3.63) is 46.1 Å². The normalized spacial score (nSPS) is 9.44. The number of benzene rings is 1. The molecule has 1 heterocycles. The molecule has 1 aromatic heterocycles. The first-order valence-corrected chi connectivity index (χ1v) is 5.19. The number of hydrogen-bond donors (Lipinski definition) is 0. The molecule has 4 heteroatoms. The number of nitrogens with zero attached hydrogens (tertiary/aromatic N) is 2. The molecule has 84 valence electrons. The zero-order valence-corrected chi connectivity index (χ0v) is 9.60. The van der Waals surface area contributed by atoms with E-state index in [0.29, 0.717) is 10.9 Å². The van der Waals surface area contributed by atoms with E-state index < -0.39 is 0 Å². The molecule has 16 heavy (non-hydrogen) atoms. The summed E-state index contributed by atoms with van der Waals surface area (Å²) in [5.74, 6) is 0. The standard InChI is InChI=1S/C10H8N2O2.C2H6/c1-7-4-5-9(12(13)14)8-3-2-6-11-10(7)8;1-2/h2-6H,1H3;1-2H3. The van der Waals surface area contributed by atoms with Crippen LogP contribution < -0.4 is 0 Å². The van der Waals surface area contributed by atoms with Gasteiger partial charge in [-0.25, -0.2) is 0 Å². The Kier molecular flexibility index (Phi) is 3.94. The highest BCUT2D eigenvalue weighted by molar-refractivity contribution is 5.89. The average molecular weight is 218 g/mol. The van der Waals surface area contributed by atoms with Crippen LogP contribution in [0.1, 0.15) is 19.4 Å². The van der Waals surface area contributed by atoms with Crippen molar-refractivity contribution in [2.24, 2.45) is 0 Å². The summed E-state index contributed by atoms with van der Waals surface area (Å²) in [4.78, 5) is 14.4. The third-order valence-electron chi connectivity index (χ3n) is 2.15. The second-order valence-electron chi connectivity index (χ2n) is 3.06. The highest BCUT2D eigenvalue weighted by atomic mass is 16.6. The minimum absolute atomic E-state index is 0.110. The number of rotatable bonds is 1. The molecule has 0 saturated heterocycles. The van der Waals surface area contributed by atoms with E-state index in [1.54, 1.807) is 24.4 Å². The zero-order valence-electron chi connectivity index (χ0n) is 9.60. The van der Waals surface area contributed by atoms with Gasteiger partial charge in [0, 0.05) is 12.3 Å².